The van der Waals surface area contributed by atoms with Gasteiger partial charge >= 0.3 is 0 Å². The largest absolute Gasteiger partial charge is 0.456 e. The summed E-state index contributed by atoms with van der Waals surface area (Å²) >= 11 is 0. The van der Waals surface area contributed by atoms with E-state index < -0.39 is 0 Å². The van der Waals surface area contributed by atoms with E-state index in [2.05, 4.69) is 204 Å². The molecule has 10 aromatic rings. The second kappa shape index (κ2) is 12.0. The number of furan rings is 1. The van der Waals surface area contributed by atoms with Gasteiger partial charge in [0.2, 0.25) is 0 Å². The minimum absolute atomic E-state index is 0.0752. The van der Waals surface area contributed by atoms with Crippen LogP contribution >= 0.6 is 0 Å². The summed E-state index contributed by atoms with van der Waals surface area (Å²) in [5.41, 5.74) is 25.0. The average molecular weight is 799 g/mol. The van der Waals surface area contributed by atoms with Gasteiger partial charge in [-0.1, -0.05) is 151 Å². The van der Waals surface area contributed by atoms with Crippen molar-refractivity contribution < 1.29 is 4.42 Å². The lowest BCUT2D eigenvalue weighted by Gasteiger charge is -2.26. The third-order valence-corrected chi connectivity index (χ3v) is 15.0. The van der Waals surface area contributed by atoms with E-state index in [0.29, 0.717) is 0 Å². The van der Waals surface area contributed by atoms with Crippen molar-refractivity contribution in [1.82, 2.24) is 4.57 Å². The molecule has 0 bridgehead atoms. The Hall–Kier alpha value is -6.78. The molecule has 3 nitrogen and oxygen atoms in total. The zero-order valence-electron chi connectivity index (χ0n) is 36.4. The Labute approximate surface area is 363 Å². The van der Waals surface area contributed by atoms with Crippen LogP contribution in [0.15, 0.2) is 150 Å². The van der Waals surface area contributed by atoms with Gasteiger partial charge in [-0.3, -0.25) is 0 Å². The molecule has 0 radical (unpaired) electrons. The monoisotopic (exact) mass is 798 g/mol. The van der Waals surface area contributed by atoms with Gasteiger partial charge < -0.3 is 14.3 Å². The Morgan fingerprint density at radius 3 is 2.05 bits per heavy atom. The van der Waals surface area contributed by atoms with Gasteiger partial charge in [-0.05, 0) is 115 Å². The summed E-state index contributed by atoms with van der Waals surface area (Å²) in [6.45, 7) is 16.4. The molecule has 0 saturated heterocycles. The van der Waals surface area contributed by atoms with E-state index in [-0.39, 0.29) is 16.2 Å². The van der Waals surface area contributed by atoms with Gasteiger partial charge in [0.15, 0.2) is 7.28 Å². The highest BCUT2D eigenvalue weighted by molar-refractivity contribution is 6.73. The number of benzene rings is 8. The molecule has 1 N–H and O–H groups in total. The lowest BCUT2D eigenvalue weighted by Crippen LogP contribution is -2.37. The van der Waals surface area contributed by atoms with E-state index in [1.165, 1.54) is 99.6 Å². The number of hydrogen-bond donors (Lipinski definition) is 1. The number of fused-ring (bicyclic) bond motifs is 15. The zero-order valence-corrected chi connectivity index (χ0v) is 36.4. The van der Waals surface area contributed by atoms with Crippen LogP contribution in [-0.4, -0.2) is 11.8 Å². The van der Waals surface area contributed by atoms with E-state index in [1.807, 2.05) is 0 Å². The van der Waals surface area contributed by atoms with Gasteiger partial charge in [-0.25, -0.2) is 0 Å². The topological polar surface area (TPSA) is 30.1 Å². The molecule has 0 atom stereocenters. The fourth-order valence-electron chi connectivity index (χ4n) is 11.8. The summed E-state index contributed by atoms with van der Waals surface area (Å²) in [6.07, 6.45) is 0. The summed E-state index contributed by atoms with van der Waals surface area (Å²) in [6, 6.07) is 54.9. The smallest absolute Gasteiger partial charge is 0.198 e. The van der Waals surface area contributed by atoms with Crippen LogP contribution in [0.4, 0.5) is 11.4 Å². The second-order valence-corrected chi connectivity index (χ2v) is 20.2. The molecule has 4 heteroatoms. The predicted molar refractivity (Wildman–Crippen MR) is 263 cm³/mol. The Morgan fingerprint density at radius 2 is 1.26 bits per heavy atom. The second-order valence-electron chi connectivity index (χ2n) is 20.2. The van der Waals surface area contributed by atoms with Crippen molar-refractivity contribution >= 4 is 73.3 Å². The van der Waals surface area contributed by atoms with Gasteiger partial charge in [-0.15, -0.1) is 0 Å². The maximum absolute atomic E-state index is 6.58. The Kier molecular flexibility index (Phi) is 6.94. The average Bonchev–Trinajstić information content (AvgIpc) is 3.94. The van der Waals surface area contributed by atoms with Crippen molar-refractivity contribution in [2.24, 2.45) is 0 Å². The van der Waals surface area contributed by atoms with Gasteiger partial charge in [-0.2, -0.15) is 0 Å². The summed E-state index contributed by atoms with van der Waals surface area (Å²) in [5.74, 6) is 0. The molecule has 0 saturated carbocycles. The molecule has 0 fully saturated rings. The van der Waals surface area contributed by atoms with Crippen molar-refractivity contribution in [3.8, 4) is 39.1 Å². The molecule has 0 spiro atoms. The first kappa shape index (κ1) is 35.9. The Morgan fingerprint density at radius 1 is 0.548 bits per heavy atom. The number of nitrogens with one attached hydrogen (secondary N) is 1. The van der Waals surface area contributed by atoms with Crippen molar-refractivity contribution in [2.45, 2.75) is 64.7 Å². The lowest BCUT2D eigenvalue weighted by atomic mass is 9.59. The highest BCUT2D eigenvalue weighted by atomic mass is 16.3. The van der Waals surface area contributed by atoms with Crippen LogP contribution in [-0.2, 0) is 16.2 Å². The van der Waals surface area contributed by atoms with Crippen molar-refractivity contribution in [3.63, 3.8) is 0 Å². The molecule has 8 aromatic carbocycles. The van der Waals surface area contributed by atoms with Crippen LogP contribution in [0, 0.1) is 0 Å². The third kappa shape index (κ3) is 4.67. The molecule has 13 rings (SSSR count). The van der Waals surface area contributed by atoms with Gasteiger partial charge in [0, 0.05) is 60.5 Å². The maximum Gasteiger partial charge on any atom is 0.198 e. The fraction of sp³-hybridized carbons (Fsp3) is 0.172. The fourth-order valence-corrected chi connectivity index (χ4v) is 11.8. The molecule has 298 valence electrons. The summed E-state index contributed by atoms with van der Waals surface area (Å²) < 4.78 is 9.18. The number of nitrogens with zero attached hydrogens (tertiary/aromatic N) is 1. The number of aromatic nitrogens is 1. The van der Waals surface area contributed by atoms with E-state index in [0.717, 1.165) is 40.6 Å². The highest BCUT2D eigenvalue weighted by Gasteiger charge is 2.40. The maximum atomic E-state index is 6.58. The Bertz CT molecular complexity index is 3610. The molecular formula is C58H47BN2O. The molecule has 2 aromatic heterocycles. The minimum Gasteiger partial charge on any atom is -0.456 e. The van der Waals surface area contributed by atoms with E-state index in [1.54, 1.807) is 0 Å². The van der Waals surface area contributed by atoms with Crippen molar-refractivity contribution in [3.05, 3.63) is 173 Å². The standard InChI is InChI=1S/C58H47BN2O/c1-56(2,3)32-20-22-33(23-21-32)60-47-30-45-39(34-14-8-11-17-42(34)58(45,6)7)28-40(47)36-24-25-38-53-48(27-26-44-52(53)37-16-9-12-18-43(37)57(44,4)5)61-49-29-41-35-15-10-13-19-50(35)62-51(41)31-46(49)59-54(36)55(38)61/h8-31,59-60H,1-7H3. The predicted octanol–water partition coefficient (Wildman–Crippen LogP) is 13.7. The van der Waals surface area contributed by atoms with Gasteiger partial charge in [0.05, 0.1) is 5.52 Å². The van der Waals surface area contributed by atoms with Crippen LogP contribution in [0.5, 0.6) is 0 Å². The first-order valence-corrected chi connectivity index (χ1v) is 22.2. The summed E-state index contributed by atoms with van der Waals surface area (Å²) in [7, 11) is 0.786. The molecule has 2 aliphatic carbocycles. The van der Waals surface area contributed by atoms with Crippen LogP contribution in [0.3, 0.4) is 0 Å². The number of anilines is 2. The van der Waals surface area contributed by atoms with E-state index in [9.17, 15) is 0 Å². The normalized spacial score (nSPS) is 15.1. The number of para-hydroxylation sites is 1. The molecule has 1 aliphatic heterocycles. The van der Waals surface area contributed by atoms with E-state index >= 15 is 0 Å². The lowest BCUT2D eigenvalue weighted by molar-refractivity contribution is 0.590. The molecule has 0 unspecified atom stereocenters. The highest BCUT2D eigenvalue weighted by Crippen LogP contribution is 2.55. The van der Waals surface area contributed by atoms with Crippen molar-refractivity contribution in [1.29, 1.82) is 0 Å². The van der Waals surface area contributed by atoms with Crippen LogP contribution in [0.25, 0.3) is 82.8 Å². The molecule has 3 aliphatic rings. The van der Waals surface area contributed by atoms with Crippen LogP contribution in [0.2, 0.25) is 0 Å². The quantitative estimate of drug-likeness (QED) is 0.180. The molecule has 62 heavy (non-hydrogen) atoms. The SMILES string of the molecule is CC(C)(C)c1ccc(Nc2cc3c(cc2-c2ccc4c5c6c(ccc5n5c4c2Bc2cc4oc7ccccc7c4cc2-5)C(C)(C)c2ccccc2-6)-c2ccccc2C3(C)C)cc1. The van der Waals surface area contributed by atoms with E-state index in [4.69, 9.17) is 4.42 Å². The molecule has 3 heterocycles. The van der Waals surface area contributed by atoms with Gasteiger partial charge in [0.25, 0.3) is 0 Å². The minimum atomic E-state index is -0.136. The molecule has 0 amide bonds. The van der Waals surface area contributed by atoms with Crippen LogP contribution in [0.1, 0.15) is 76.3 Å². The zero-order chi connectivity index (χ0) is 42.0. The Balaban J connectivity index is 1.13. The van der Waals surface area contributed by atoms with Gasteiger partial charge in [0.1, 0.15) is 11.2 Å². The first-order valence-electron chi connectivity index (χ1n) is 22.2. The van der Waals surface area contributed by atoms with Crippen molar-refractivity contribution in [2.75, 3.05) is 5.32 Å². The van der Waals surface area contributed by atoms with Crippen LogP contribution < -0.4 is 16.2 Å². The molecular weight excluding hydrogens is 751 g/mol. The summed E-state index contributed by atoms with van der Waals surface area (Å²) in [4.78, 5) is 0. The first-order chi connectivity index (χ1) is 29.9. The number of rotatable bonds is 3. The number of hydrogen-bond acceptors (Lipinski definition) is 2. The third-order valence-electron chi connectivity index (χ3n) is 15.0. The summed E-state index contributed by atoms with van der Waals surface area (Å²) in [5, 5.41) is 8.96.